The van der Waals surface area contributed by atoms with Crippen LogP contribution in [0.5, 0.6) is 0 Å². The highest BCUT2D eigenvalue weighted by molar-refractivity contribution is 9.10. The Morgan fingerprint density at radius 1 is 1.64 bits per heavy atom. The Labute approximate surface area is 91.9 Å². The van der Waals surface area contributed by atoms with Gasteiger partial charge in [-0.25, -0.2) is 0 Å². The van der Waals surface area contributed by atoms with Gasteiger partial charge >= 0.3 is 0 Å². The zero-order chi connectivity index (χ0) is 9.97. The van der Waals surface area contributed by atoms with Crippen molar-refractivity contribution in [2.75, 3.05) is 13.1 Å². The summed E-state index contributed by atoms with van der Waals surface area (Å²) in [6.07, 6.45) is 2.52. The maximum Gasteiger partial charge on any atom is 0.0685 e. The number of hydrogen-bond acceptors (Lipinski definition) is 3. The molecule has 4 heteroatoms. The molecule has 0 unspecified atom stereocenters. The minimum absolute atomic E-state index is 0.155. The van der Waals surface area contributed by atoms with Gasteiger partial charge in [0, 0.05) is 30.3 Å². The van der Waals surface area contributed by atoms with Crippen molar-refractivity contribution in [3.05, 3.63) is 28.5 Å². The maximum atomic E-state index is 9.37. The van der Waals surface area contributed by atoms with Gasteiger partial charge in [0.2, 0.25) is 0 Å². The third-order valence-corrected chi connectivity index (χ3v) is 3.18. The molecule has 0 amide bonds. The molecule has 1 aliphatic rings. The fourth-order valence-corrected chi connectivity index (χ4v) is 2.08. The first kappa shape index (κ1) is 10.1. The number of nitrogens with zero attached hydrogens (tertiary/aromatic N) is 2. The first-order chi connectivity index (χ1) is 6.75. The molecule has 76 valence electrons. The Morgan fingerprint density at radius 3 is 3.14 bits per heavy atom. The Balaban J connectivity index is 2.01. The van der Waals surface area contributed by atoms with E-state index < -0.39 is 0 Å². The first-order valence-electron chi connectivity index (χ1n) is 4.75. The van der Waals surface area contributed by atoms with Crippen molar-refractivity contribution >= 4 is 15.9 Å². The molecule has 0 bridgehead atoms. The molecule has 2 rings (SSSR count). The van der Waals surface area contributed by atoms with Crippen LogP contribution in [0.15, 0.2) is 22.8 Å². The summed E-state index contributed by atoms with van der Waals surface area (Å²) in [5, 5.41) is 9.37. The van der Waals surface area contributed by atoms with Crippen molar-refractivity contribution in [3.8, 4) is 0 Å². The highest BCUT2D eigenvalue weighted by Gasteiger charge is 2.20. The van der Waals surface area contributed by atoms with Crippen LogP contribution in [0.3, 0.4) is 0 Å². The molecule has 1 atom stereocenters. The van der Waals surface area contributed by atoms with Crippen LogP contribution < -0.4 is 0 Å². The summed E-state index contributed by atoms with van der Waals surface area (Å²) in [6, 6.07) is 3.90. The van der Waals surface area contributed by atoms with E-state index in [9.17, 15) is 5.11 Å². The van der Waals surface area contributed by atoms with Gasteiger partial charge in [0.1, 0.15) is 0 Å². The van der Waals surface area contributed by atoms with E-state index in [-0.39, 0.29) is 6.10 Å². The molecule has 0 radical (unpaired) electrons. The molecule has 1 aromatic heterocycles. The van der Waals surface area contributed by atoms with Crippen molar-refractivity contribution in [1.82, 2.24) is 9.88 Å². The van der Waals surface area contributed by atoms with Crippen molar-refractivity contribution in [2.45, 2.75) is 19.1 Å². The minimum atomic E-state index is -0.155. The fraction of sp³-hybridized carbons (Fsp3) is 0.500. The number of halogens is 1. The van der Waals surface area contributed by atoms with Gasteiger partial charge in [0.15, 0.2) is 0 Å². The smallest absolute Gasteiger partial charge is 0.0685 e. The number of pyridine rings is 1. The predicted molar refractivity (Wildman–Crippen MR) is 57.8 cm³/mol. The van der Waals surface area contributed by atoms with E-state index in [1.54, 1.807) is 6.20 Å². The van der Waals surface area contributed by atoms with E-state index in [0.29, 0.717) is 0 Å². The number of rotatable bonds is 2. The second kappa shape index (κ2) is 4.38. The van der Waals surface area contributed by atoms with Crippen molar-refractivity contribution < 1.29 is 5.11 Å². The van der Waals surface area contributed by atoms with Gasteiger partial charge in [-0.05, 0) is 34.5 Å². The second-order valence-electron chi connectivity index (χ2n) is 3.61. The maximum absolute atomic E-state index is 9.37. The van der Waals surface area contributed by atoms with Gasteiger partial charge in [0.05, 0.1) is 11.8 Å². The average molecular weight is 257 g/mol. The summed E-state index contributed by atoms with van der Waals surface area (Å²) in [5.74, 6) is 0. The number of β-amino-alcohol motifs (C(OH)–C–C–N with tert-alkyl or cyclic N) is 1. The zero-order valence-electron chi connectivity index (χ0n) is 7.86. The van der Waals surface area contributed by atoms with Crippen LogP contribution >= 0.6 is 15.9 Å². The average Bonchev–Trinajstić information content (AvgIpc) is 2.56. The Hall–Kier alpha value is -0.450. The lowest BCUT2D eigenvalue weighted by molar-refractivity contribution is 0.174. The topological polar surface area (TPSA) is 36.4 Å². The molecule has 0 spiro atoms. The highest BCUT2D eigenvalue weighted by atomic mass is 79.9. The SMILES string of the molecule is O[C@@H]1CCN(Cc2ncccc2Br)C1. The molecular formula is C10H13BrN2O. The van der Waals surface area contributed by atoms with E-state index in [0.717, 1.165) is 36.2 Å². The molecule has 1 N–H and O–H groups in total. The summed E-state index contributed by atoms with van der Waals surface area (Å²) >= 11 is 3.47. The number of aliphatic hydroxyl groups excluding tert-OH is 1. The third kappa shape index (κ3) is 2.32. The van der Waals surface area contributed by atoms with Gasteiger partial charge in [-0.3, -0.25) is 9.88 Å². The minimum Gasteiger partial charge on any atom is -0.392 e. The molecule has 2 heterocycles. The molecule has 1 saturated heterocycles. The summed E-state index contributed by atoms with van der Waals surface area (Å²) in [7, 11) is 0. The van der Waals surface area contributed by atoms with Crippen LogP contribution in [0.4, 0.5) is 0 Å². The standard InChI is InChI=1S/C10H13BrN2O/c11-9-2-1-4-12-10(9)7-13-5-3-8(14)6-13/h1-2,4,8,14H,3,5-7H2/t8-/m1/s1. The summed E-state index contributed by atoms with van der Waals surface area (Å²) in [6.45, 7) is 2.55. The Kier molecular flexibility index (Phi) is 3.15. The number of likely N-dealkylation sites (tertiary alicyclic amines) is 1. The zero-order valence-corrected chi connectivity index (χ0v) is 9.44. The van der Waals surface area contributed by atoms with Crippen LogP contribution in [-0.4, -0.2) is 34.2 Å². The summed E-state index contributed by atoms with van der Waals surface area (Å²) in [4.78, 5) is 6.52. The molecule has 0 saturated carbocycles. The molecule has 3 nitrogen and oxygen atoms in total. The Morgan fingerprint density at radius 2 is 2.50 bits per heavy atom. The second-order valence-corrected chi connectivity index (χ2v) is 4.46. The van der Waals surface area contributed by atoms with Gasteiger partial charge in [-0.2, -0.15) is 0 Å². The summed E-state index contributed by atoms with van der Waals surface area (Å²) in [5.41, 5.74) is 1.04. The van der Waals surface area contributed by atoms with Crippen LogP contribution in [0.1, 0.15) is 12.1 Å². The van der Waals surface area contributed by atoms with Gasteiger partial charge in [-0.15, -0.1) is 0 Å². The Bertz CT molecular complexity index is 319. The van der Waals surface area contributed by atoms with E-state index in [1.165, 1.54) is 0 Å². The number of aromatic nitrogens is 1. The van der Waals surface area contributed by atoms with Crippen molar-refractivity contribution in [3.63, 3.8) is 0 Å². The van der Waals surface area contributed by atoms with Gasteiger partial charge in [-0.1, -0.05) is 0 Å². The molecule has 14 heavy (non-hydrogen) atoms. The van der Waals surface area contributed by atoms with Gasteiger partial charge < -0.3 is 5.11 Å². The lowest BCUT2D eigenvalue weighted by Crippen LogP contribution is -2.22. The molecule has 0 aliphatic carbocycles. The van der Waals surface area contributed by atoms with Crippen LogP contribution in [0.25, 0.3) is 0 Å². The molecule has 1 fully saturated rings. The van der Waals surface area contributed by atoms with E-state index >= 15 is 0 Å². The number of hydrogen-bond donors (Lipinski definition) is 1. The van der Waals surface area contributed by atoms with Crippen molar-refractivity contribution in [1.29, 1.82) is 0 Å². The third-order valence-electron chi connectivity index (χ3n) is 2.46. The normalized spacial score (nSPS) is 22.9. The van der Waals surface area contributed by atoms with E-state index in [1.807, 2.05) is 12.1 Å². The van der Waals surface area contributed by atoms with Crippen LogP contribution in [-0.2, 0) is 6.54 Å². The van der Waals surface area contributed by atoms with E-state index in [4.69, 9.17) is 0 Å². The van der Waals surface area contributed by atoms with Crippen LogP contribution in [0, 0.1) is 0 Å². The van der Waals surface area contributed by atoms with Crippen LogP contribution in [0.2, 0.25) is 0 Å². The first-order valence-corrected chi connectivity index (χ1v) is 5.55. The van der Waals surface area contributed by atoms with Crippen molar-refractivity contribution in [2.24, 2.45) is 0 Å². The summed E-state index contributed by atoms with van der Waals surface area (Å²) < 4.78 is 1.04. The highest BCUT2D eigenvalue weighted by Crippen LogP contribution is 2.18. The number of aliphatic hydroxyl groups is 1. The monoisotopic (exact) mass is 256 g/mol. The molecular weight excluding hydrogens is 244 g/mol. The molecule has 1 aliphatic heterocycles. The lowest BCUT2D eigenvalue weighted by Gasteiger charge is -2.14. The molecule has 1 aromatic rings. The quantitative estimate of drug-likeness (QED) is 0.870. The molecule has 0 aromatic carbocycles. The lowest BCUT2D eigenvalue weighted by atomic mass is 10.3. The predicted octanol–water partition coefficient (Wildman–Crippen LogP) is 1.41. The van der Waals surface area contributed by atoms with E-state index in [2.05, 4.69) is 25.8 Å². The largest absolute Gasteiger partial charge is 0.392 e. The van der Waals surface area contributed by atoms with Gasteiger partial charge in [0.25, 0.3) is 0 Å². The fourth-order valence-electron chi connectivity index (χ4n) is 1.70.